The van der Waals surface area contributed by atoms with Gasteiger partial charge in [-0.05, 0) is 69.0 Å². The van der Waals surface area contributed by atoms with E-state index in [9.17, 15) is 18.0 Å². The van der Waals surface area contributed by atoms with Crippen LogP contribution in [0.15, 0.2) is 71.6 Å². The van der Waals surface area contributed by atoms with Crippen molar-refractivity contribution in [3.8, 4) is 0 Å². The summed E-state index contributed by atoms with van der Waals surface area (Å²) in [4.78, 5) is 29.0. The third kappa shape index (κ3) is 8.33. The maximum absolute atomic E-state index is 14.2. The molecule has 0 bridgehead atoms. The van der Waals surface area contributed by atoms with E-state index in [-0.39, 0.29) is 17.3 Å². The molecule has 0 heterocycles. The molecule has 0 saturated heterocycles. The highest BCUT2D eigenvalue weighted by molar-refractivity contribution is 7.92. The Balaban J connectivity index is 2.08. The first-order chi connectivity index (χ1) is 19.5. The van der Waals surface area contributed by atoms with E-state index in [1.165, 1.54) is 17.0 Å². The first kappa shape index (κ1) is 32.2. The number of unbranched alkanes of at least 4 members (excludes halogenated alkanes) is 1. The molecule has 1 atom stereocenters. The maximum Gasteiger partial charge on any atom is 0.264 e. The van der Waals surface area contributed by atoms with Gasteiger partial charge in [-0.1, -0.05) is 85.5 Å². The summed E-state index contributed by atoms with van der Waals surface area (Å²) in [6.07, 6.45) is 2.12. The van der Waals surface area contributed by atoms with Crippen LogP contribution < -0.4 is 9.62 Å². The molecular formula is C32H40ClN3O4S. The first-order valence-electron chi connectivity index (χ1n) is 14.0. The van der Waals surface area contributed by atoms with Gasteiger partial charge in [0.05, 0.1) is 10.6 Å². The second kappa shape index (κ2) is 14.5. The van der Waals surface area contributed by atoms with E-state index in [1.54, 1.807) is 37.3 Å². The lowest BCUT2D eigenvalue weighted by Crippen LogP contribution is -2.52. The summed E-state index contributed by atoms with van der Waals surface area (Å²) < 4.78 is 29.2. The predicted octanol–water partition coefficient (Wildman–Crippen LogP) is 6.18. The van der Waals surface area contributed by atoms with E-state index in [0.29, 0.717) is 29.2 Å². The third-order valence-electron chi connectivity index (χ3n) is 6.98. The number of nitrogens with one attached hydrogen (secondary N) is 1. The molecule has 7 nitrogen and oxygen atoms in total. The Morgan fingerprint density at radius 1 is 0.927 bits per heavy atom. The molecule has 0 aliphatic rings. The minimum Gasteiger partial charge on any atom is -0.354 e. The highest BCUT2D eigenvalue weighted by Crippen LogP contribution is 2.30. The first-order valence-corrected chi connectivity index (χ1v) is 15.8. The average molecular weight is 598 g/mol. The minimum atomic E-state index is -4.16. The zero-order valence-corrected chi connectivity index (χ0v) is 26.1. The Labute approximate surface area is 249 Å². The van der Waals surface area contributed by atoms with E-state index in [4.69, 9.17) is 11.6 Å². The molecule has 0 saturated carbocycles. The van der Waals surface area contributed by atoms with Gasteiger partial charge in [0.15, 0.2) is 0 Å². The summed E-state index contributed by atoms with van der Waals surface area (Å²) in [5.41, 5.74) is 3.74. The SMILES string of the molecule is CCCCNC(=O)[C@@H](CC)N(Cc1cccc(C)c1)C(=O)CN(c1cc(Cl)ccc1C)S(=O)(=O)c1ccc(C)cc1. The van der Waals surface area contributed by atoms with Crippen molar-refractivity contribution in [2.75, 3.05) is 17.4 Å². The number of rotatable bonds is 13. The van der Waals surface area contributed by atoms with Crippen LogP contribution in [0.25, 0.3) is 0 Å². The van der Waals surface area contributed by atoms with Gasteiger partial charge in [-0.2, -0.15) is 0 Å². The normalized spacial score (nSPS) is 12.0. The molecule has 220 valence electrons. The van der Waals surface area contributed by atoms with Crippen LogP contribution in [0.4, 0.5) is 5.69 Å². The van der Waals surface area contributed by atoms with Gasteiger partial charge in [-0.3, -0.25) is 13.9 Å². The Kier molecular flexibility index (Phi) is 11.4. The lowest BCUT2D eigenvalue weighted by molar-refractivity contribution is -0.140. The van der Waals surface area contributed by atoms with Crippen molar-refractivity contribution >= 4 is 39.1 Å². The van der Waals surface area contributed by atoms with Crippen LogP contribution in [0.1, 0.15) is 55.4 Å². The monoisotopic (exact) mass is 597 g/mol. The summed E-state index contributed by atoms with van der Waals surface area (Å²) >= 11 is 6.30. The van der Waals surface area contributed by atoms with Gasteiger partial charge in [0, 0.05) is 18.1 Å². The van der Waals surface area contributed by atoms with Crippen molar-refractivity contribution in [1.82, 2.24) is 10.2 Å². The predicted molar refractivity (Wildman–Crippen MR) is 166 cm³/mol. The fraction of sp³-hybridized carbons (Fsp3) is 0.375. The van der Waals surface area contributed by atoms with Crippen LogP contribution >= 0.6 is 11.6 Å². The number of sulfonamides is 1. The fourth-order valence-electron chi connectivity index (χ4n) is 4.63. The lowest BCUT2D eigenvalue weighted by Gasteiger charge is -2.33. The molecule has 0 spiro atoms. The van der Waals surface area contributed by atoms with Crippen molar-refractivity contribution in [1.29, 1.82) is 0 Å². The minimum absolute atomic E-state index is 0.0601. The van der Waals surface area contributed by atoms with Crippen molar-refractivity contribution in [2.45, 2.75) is 71.4 Å². The highest BCUT2D eigenvalue weighted by atomic mass is 35.5. The number of carbonyl (C=O) groups is 2. The zero-order chi connectivity index (χ0) is 30.2. The molecule has 0 aromatic heterocycles. The number of amides is 2. The molecule has 9 heteroatoms. The van der Waals surface area contributed by atoms with Crippen molar-refractivity contribution < 1.29 is 18.0 Å². The summed E-state index contributed by atoms with van der Waals surface area (Å²) in [7, 11) is -4.16. The smallest absolute Gasteiger partial charge is 0.264 e. The molecule has 2 amide bonds. The Hall–Kier alpha value is -3.36. The maximum atomic E-state index is 14.2. The van der Waals surface area contributed by atoms with E-state index >= 15 is 0 Å². The summed E-state index contributed by atoms with van der Waals surface area (Å²) in [6, 6.07) is 18.4. The van der Waals surface area contributed by atoms with Crippen molar-refractivity contribution in [2.24, 2.45) is 0 Å². The van der Waals surface area contributed by atoms with E-state index in [0.717, 1.165) is 33.8 Å². The number of hydrogen-bond acceptors (Lipinski definition) is 4. The van der Waals surface area contributed by atoms with Gasteiger partial charge in [0.1, 0.15) is 12.6 Å². The van der Waals surface area contributed by atoms with E-state index in [2.05, 4.69) is 5.32 Å². The fourth-order valence-corrected chi connectivity index (χ4v) is 6.27. The second-order valence-electron chi connectivity index (χ2n) is 10.3. The molecule has 41 heavy (non-hydrogen) atoms. The number of hydrogen-bond donors (Lipinski definition) is 1. The zero-order valence-electron chi connectivity index (χ0n) is 24.5. The van der Waals surface area contributed by atoms with Crippen LogP contribution in [-0.2, 0) is 26.2 Å². The highest BCUT2D eigenvalue weighted by Gasteiger charge is 2.34. The largest absolute Gasteiger partial charge is 0.354 e. The third-order valence-corrected chi connectivity index (χ3v) is 8.99. The standard InChI is InChI=1S/C32H40ClN3O4S/c1-6-8-18-34-32(38)29(7-2)35(21-26-11-9-10-24(4)19-26)31(37)22-36(30-20-27(33)15-14-25(30)5)41(39,40)28-16-12-23(3)13-17-28/h9-17,19-20,29H,6-8,18,21-22H2,1-5H3,(H,34,38)/t29-/m1/s1. The lowest BCUT2D eigenvalue weighted by atomic mass is 10.1. The number of nitrogens with zero attached hydrogens (tertiary/aromatic N) is 2. The number of halogens is 1. The Morgan fingerprint density at radius 2 is 1.63 bits per heavy atom. The summed E-state index contributed by atoms with van der Waals surface area (Å²) in [5.74, 6) is -0.743. The van der Waals surface area contributed by atoms with Gasteiger partial charge in [-0.15, -0.1) is 0 Å². The quantitative estimate of drug-likeness (QED) is 0.238. The molecule has 0 radical (unpaired) electrons. The molecule has 0 unspecified atom stereocenters. The van der Waals surface area contributed by atoms with Crippen LogP contribution in [0.3, 0.4) is 0 Å². The van der Waals surface area contributed by atoms with Crippen LogP contribution in [-0.4, -0.2) is 44.3 Å². The topological polar surface area (TPSA) is 86.8 Å². The van der Waals surface area contributed by atoms with E-state index < -0.39 is 28.5 Å². The molecule has 1 N–H and O–H groups in total. The van der Waals surface area contributed by atoms with Crippen molar-refractivity contribution in [3.63, 3.8) is 0 Å². The Bertz CT molecular complexity index is 1460. The van der Waals surface area contributed by atoms with Crippen LogP contribution in [0, 0.1) is 20.8 Å². The number of carbonyl (C=O) groups excluding carboxylic acids is 2. The Morgan fingerprint density at radius 3 is 2.27 bits per heavy atom. The average Bonchev–Trinajstić information content (AvgIpc) is 2.93. The molecule has 0 aliphatic heterocycles. The molecule has 0 fully saturated rings. The van der Waals surface area contributed by atoms with Gasteiger partial charge in [0.25, 0.3) is 10.0 Å². The second-order valence-corrected chi connectivity index (χ2v) is 12.6. The van der Waals surface area contributed by atoms with Gasteiger partial charge in [0.2, 0.25) is 11.8 Å². The van der Waals surface area contributed by atoms with Gasteiger partial charge in [-0.25, -0.2) is 8.42 Å². The van der Waals surface area contributed by atoms with E-state index in [1.807, 2.05) is 52.0 Å². The number of aryl methyl sites for hydroxylation is 3. The van der Waals surface area contributed by atoms with Crippen molar-refractivity contribution in [3.05, 3.63) is 94.0 Å². The molecule has 3 rings (SSSR count). The van der Waals surface area contributed by atoms with Crippen LogP contribution in [0.2, 0.25) is 5.02 Å². The summed E-state index contributed by atoms with van der Waals surface area (Å²) in [6.45, 7) is 9.67. The molecule has 0 aliphatic carbocycles. The molecule has 3 aromatic rings. The summed E-state index contributed by atoms with van der Waals surface area (Å²) in [5, 5.41) is 3.30. The van der Waals surface area contributed by atoms with Gasteiger partial charge < -0.3 is 10.2 Å². The number of benzene rings is 3. The van der Waals surface area contributed by atoms with Gasteiger partial charge >= 0.3 is 0 Å². The molecule has 3 aromatic carbocycles. The number of anilines is 1. The molecular weight excluding hydrogens is 558 g/mol. The van der Waals surface area contributed by atoms with Crippen LogP contribution in [0.5, 0.6) is 0 Å².